The smallest absolute Gasteiger partial charge is 0.334 e. The Hall–Kier alpha value is -1.30. The third-order valence-electron chi connectivity index (χ3n) is 3.50. The topological polar surface area (TPSA) is 54.0 Å². The van der Waals surface area contributed by atoms with Gasteiger partial charge in [0, 0.05) is 18.1 Å². The molecule has 1 aliphatic heterocycles. The molecule has 0 radical (unpaired) electrons. The molecule has 0 saturated carbocycles. The van der Waals surface area contributed by atoms with Crippen molar-refractivity contribution in [2.24, 2.45) is 0 Å². The van der Waals surface area contributed by atoms with Gasteiger partial charge in [-0.2, -0.15) is 0 Å². The van der Waals surface area contributed by atoms with Gasteiger partial charge in [-0.3, -0.25) is 0 Å². The fraction of sp³-hybridized carbons (Fsp3) is 0.588. The van der Waals surface area contributed by atoms with Crippen molar-refractivity contribution < 1.29 is 23.7 Å². The Morgan fingerprint density at radius 2 is 2.13 bits per heavy atom. The lowest BCUT2D eigenvalue weighted by Crippen LogP contribution is -2.27. The van der Waals surface area contributed by atoms with E-state index in [1.54, 1.807) is 31.2 Å². The molecule has 1 heterocycles. The highest BCUT2D eigenvalue weighted by Gasteiger charge is 2.20. The molecule has 0 aromatic heterocycles. The Labute approximate surface area is 141 Å². The molecule has 128 valence electrons. The van der Waals surface area contributed by atoms with Crippen molar-refractivity contribution in [3.63, 3.8) is 0 Å². The molecule has 1 saturated heterocycles. The SMILES string of the molecule is CC(OCC1CCCO1)C(=O)OCCCOc1ccc(Cl)cc1. The van der Waals surface area contributed by atoms with E-state index in [1.165, 1.54) is 0 Å². The Kier molecular flexibility index (Phi) is 7.65. The first-order valence-corrected chi connectivity index (χ1v) is 8.31. The molecule has 1 fully saturated rings. The molecule has 2 atom stereocenters. The summed E-state index contributed by atoms with van der Waals surface area (Å²) in [6, 6.07) is 7.14. The van der Waals surface area contributed by atoms with Gasteiger partial charge in [0.05, 0.1) is 25.9 Å². The van der Waals surface area contributed by atoms with Crippen molar-refractivity contribution in [3.8, 4) is 5.75 Å². The van der Waals surface area contributed by atoms with Crippen LogP contribution in [0.25, 0.3) is 0 Å². The maximum Gasteiger partial charge on any atom is 0.334 e. The first-order chi connectivity index (χ1) is 11.1. The quantitative estimate of drug-likeness (QED) is 0.509. The molecule has 1 aromatic carbocycles. The minimum absolute atomic E-state index is 0.109. The molecule has 0 amide bonds. The summed E-state index contributed by atoms with van der Waals surface area (Å²) in [7, 11) is 0. The van der Waals surface area contributed by atoms with Crippen LogP contribution in [0.2, 0.25) is 5.02 Å². The number of hydrogen-bond acceptors (Lipinski definition) is 5. The van der Waals surface area contributed by atoms with Crippen LogP contribution in [0.15, 0.2) is 24.3 Å². The van der Waals surface area contributed by atoms with Crippen LogP contribution in [0.1, 0.15) is 26.2 Å². The first-order valence-electron chi connectivity index (χ1n) is 7.93. The highest BCUT2D eigenvalue weighted by atomic mass is 35.5. The second-order valence-corrected chi connectivity index (χ2v) is 5.87. The van der Waals surface area contributed by atoms with Crippen LogP contribution in [-0.4, -0.2) is 44.6 Å². The fourth-order valence-electron chi connectivity index (χ4n) is 2.17. The number of rotatable bonds is 9. The summed E-state index contributed by atoms with van der Waals surface area (Å²) in [6.45, 7) is 3.69. The number of esters is 1. The predicted octanol–water partition coefficient (Wildman–Crippen LogP) is 3.24. The van der Waals surface area contributed by atoms with Crippen LogP contribution in [0.4, 0.5) is 0 Å². The van der Waals surface area contributed by atoms with Crippen LogP contribution >= 0.6 is 11.6 Å². The minimum Gasteiger partial charge on any atom is -0.493 e. The molecule has 0 spiro atoms. The third kappa shape index (κ3) is 6.77. The lowest BCUT2D eigenvalue weighted by Gasteiger charge is -2.15. The van der Waals surface area contributed by atoms with E-state index in [1.807, 2.05) is 0 Å². The van der Waals surface area contributed by atoms with E-state index in [9.17, 15) is 4.79 Å². The monoisotopic (exact) mass is 342 g/mol. The van der Waals surface area contributed by atoms with Crippen molar-refractivity contribution in [1.29, 1.82) is 0 Å². The van der Waals surface area contributed by atoms with Crippen LogP contribution < -0.4 is 4.74 Å². The van der Waals surface area contributed by atoms with E-state index in [0.29, 0.717) is 31.3 Å². The predicted molar refractivity (Wildman–Crippen MR) is 86.9 cm³/mol. The van der Waals surface area contributed by atoms with E-state index in [2.05, 4.69) is 0 Å². The second kappa shape index (κ2) is 9.75. The van der Waals surface area contributed by atoms with Crippen LogP contribution in [0.5, 0.6) is 5.75 Å². The van der Waals surface area contributed by atoms with Crippen LogP contribution in [0, 0.1) is 0 Å². The summed E-state index contributed by atoms with van der Waals surface area (Å²) in [4.78, 5) is 11.8. The Balaban J connectivity index is 1.52. The standard InChI is InChI=1S/C17H23ClO5/c1-13(23-12-16-4-2-9-21-16)17(19)22-11-3-10-20-15-7-5-14(18)6-8-15/h5-8,13,16H,2-4,9-12H2,1H3. The number of benzene rings is 1. The summed E-state index contributed by atoms with van der Waals surface area (Å²) in [6.07, 6.45) is 2.20. The minimum atomic E-state index is -0.573. The molecule has 0 bridgehead atoms. The molecule has 1 aromatic rings. The fourth-order valence-corrected chi connectivity index (χ4v) is 2.29. The van der Waals surface area contributed by atoms with E-state index >= 15 is 0 Å². The Morgan fingerprint density at radius 3 is 2.83 bits per heavy atom. The highest BCUT2D eigenvalue weighted by Crippen LogP contribution is 2.15. The molecule has 0 aliphatic carbocycles. The molecular formula is C17H23ClO5. The lowest BCUT2D eigenvalue weighted by atomic mass is 10.2. The molecule has 6 heteroatoms. The molecular weight excluding hydrogens is 320 g/mol. The first kappa shape index (κ1) is 18.0. The van der Waals surface area contributed by atoms with E-state index in [-0.39, 0.29) is 12.1 Å². The van der Waals surface area contributed by atoms with Gasteiger partial charge in [0.25, 0.3) is 0 Å². The summed E-state index contributed by atoms with van der Waals surface area (Å²) < 4.78 is 21.6. The van der Waals surface area contributed by atoms with Gasteiger partial charge in [0.2, 0.25) is 0 Å². The second-order valence-electron chi connectivity index (χ2n) is 5.43. The van der Waals surface area contributed by atoms with E-state index in [0.717, 1.165) is 25.2 Å². The van der Waals surface area contributed by atoms with Gasteiger partial charge >= 0.3 is 5.97 Å². The zero-order valence-corrected chi connectivity index (χ0v) is 14.1. The van der Waals surface area contributed by atoms with Crippen LogP contribution in [0.3, 0.4) is 0 Å². The maximum absolute atomic E-state index is 11.8. The van der Waals surface area contributed by atoms with Crippen LogP contribution in [-0.2, 0) is 19.0 Å². The summed E-state index contributed by atoms with van der Waals surface area (Å²) >= 11 is 5.79. The van der Waals surface area contributed by atoms with Gasteiger partial charge in [-0.15, -0.1) is 0 Å². The van der Waals surface area contributed by atoms with E-state index in [4.69, 9.17) is 30.5 Å². The van der Waals surface area contributed by atoms with Gasteiger partial charge in [0.1, 0.15) is 5.75 Å². The normalized spacial score (nSPS) is 18.6. The highest BCUT2D eigenvalue weighted by molar-refractivity contribution is 6.30. The molecule has 2 unspecified atom stereocenters. The van der Waals surface area contributed by atoms with E-state index < -0.39 is 6.10 Å². The molecule has 5 nitrogen and oxygen atoms in total. The van der Waals surface area contributed by atoms with Crippen molar-refractivity contribution >= 4 is 17.6 Å². The average Bonchev–Trinajstić information content (AvgIpc) is 3.07. The molecule has 23 heavy (non-hydrogen) atoms. The molecule has 0 N–H and O–H groups in total. The Bertz CT molecular complexity index is 470. The van der Waals surface area contributed by atoms with Crippen molar-refractivity contribution in [1.82, 2.24) is 0 Å². The lowest BCUT2D eigenvalue weighted by molar-refractivity contribution is -0.158. The van der Waals surface area contributed by atoms with Crippen molar-refractivity contribution in [2.75, 3.05) is 26.4 Å². The van der Waals surface area contributed by atoms with Crippen molar-refractivity contribution in [3.05, 3.63) is 29.3 Å². The van der Waals surface area contributed by atoms with Gasteiger partial charge in [-0.25, -0.2) is 4.79 Å². The number of hydrogen-bond donors (Lipinski definition) is 0. The third-order valence-corrected chi connectivity index (χ3v) is 3.76. The largest absolute Gasteiger partial charge is 0.493 e. The van der Waals surface area contributed by atoms with Gasteiger partial charge < -0.3 is 18.9 Å². The zero-order chi connectivity index (χ0) is 16.5. The summed E-state index contributed by atoms with van der Waals surface area (Å²) in [5, 5.41) is 0.670. The van der Waals surface area contributed by atoms with Gasteiger partial charge in [-0.1, -0.05) is 11.6 Å². The van der Waals surface area contributed by atoms with Gasteiger partial charge in [0.15, 0.2) is 6.10 Å². The average molecular weight is 343 g/mol. The van der Waals surface area contributed by atoms with Crippen molar-refractivity contribution in [2.45, 2.75) is 38.4 Å². The maximum atomic E-state index is 11.8. The molecule has 1 aliphatic rings. The zero-order valence-electron chi connectivity index (χ0n) is 13.3. The number of ether oxygens (including phenoxy) is 4. The summed E-state index contributed by atoms with van der Waals surface area (Å²) in [5.74, 6) is 0.392. The summed E-state index contributed by atoms with van der Waals surface area (Å²) in [5.41, 5.74) is 0. The Morgan fingerprint density at radius 1 is 1.35 bits per heavy atom. The van der Waals surface area contributed by atoms with Gasteiger partial charge in [-0.05, 0) is 44.0 Å². The molecule has 2 rings (SSSR count). The number of carbonyl (C=O) groups is 1. The number of halogens is 1. The number of carbonyl (C=O) groups excluding carboxylic acids is 1.